The SMILES string of the molecule is C[C@H]1CO[C@@H](CNc2ccc(S(=O)(=O)NC(=O)c3ccc(N4CCN(CC5=C(c6ccc(Cl)cc6)CC(C)(C)CC5)CC4)cc3Oc3cnc4[nH]ccc4c3)cc2[N+](=O)[O-])CO1. The number of H-pyrrole nitrogens is 1. The number of hydrogen-bond acceptors (Lipinski definition) is 12. The van der Waals surface area contributed by atoms with Crippen LogP contribution in [0, 0.1) is 15.5 Å². The van der Waals surface area contributed by atoms with E-state index in [-0.39, 0.29) is 41.2 Å². The zero-order valence-electron chi connectivity index (χ0n) is 34.9. The quantitative estimate of drug-likeness (QED) is 0.0766. The number of carbonyl (C=O) groups is 1. The molecule has 3 N–H and O–H groups in total. The van der Waals surface area contributed by atoms with Crippen LogP contribution < -0.4 is 19.7 Å². The predicted molar refractivity (Wildman–Crippen MR) is 239 cm³/mol. The molecule has 326 valence electrons. The van der Waals surface area contributed by atoms with Crippen molar-refractivity contribution in [2.45, 2.75) is 57.1 Å². The minimum Gasteiger partial charge on any atom is -0.455 e. The molecular formula is C45H50ClN7O8S. The number of nitrogens with zero attached hydrogens (tertiary/aromatic N) is 4. The third-order valence-corrected chi connectivity index (χ3v) is 13.3. The lowest BCUT2D eigenvalue weighted by Crippen LogP contribution is -2.47. The molecule has 62 heavy (non-hydrogen) atoms. The highest BCUT2D eigenvalue weighted by Crippen LogP contribution is 2.43. The molecule has 0 unspecified atom stereocenters. The van der Waals surface area contributed by atoms with Crippen molar-refractivity contribution >= 4 is 61.2 Å². The van der Waals surface area contributed by atoms with Gasteiger partial charge in [-0.15, -0.1) is 0 Å². The van der Waals surface area contributed by atoms with Gasteiger partial charge in [0.2, 0.25) is 0 Å². The van der Waals surface area contributed by atoms with Crippen molar-refractivity contribution in [3.63, 3.8) is 0 Å². The summed E-state index contributed by atoms with van der Waals surface area (Å²) >= 11 is 6.24. The van der Waals surface area contributed by atoms with Crippen molar-refractivity contribution in [3.8, 4) is 11.5 Å². The third kappa shape index (κ3) is 10.1. The molecule has 2 aliphatic heterocycles. The largest absolute Gasteiger partial charge is 0.455 e. The number of fused-ring (bicyclic) bond motifs is 1. The summed E-state index contributed by atoms with van der Waals surface area (Å²) in [5.41, 5.74) is 5.34. The van der Waals surface area contributed by atoms with E-state index < -0.39 is 31.4 Å². The van der Waals surface area contributed by atoms with Crippen molar-refractivity contribution in [2.24, 2.45) is 5.41 Å². The van der Waals surface area contributed by atoms with E-state index in [0.717, 1.165) is 74.1 Å². The van der Waals surface area contributed by atoms with Gasteiger partial charge in [-0.1, -0.05) is 43.2 Å². The molecule has 3 aromatic carbocycles. The number of amides is 1. The van der Waals surface area contributed by atoms with Gasteiger partial charge in [0.15, 0.2) is 0 Å². The molecule has 2 atom stereocenters. The van der Waals surface area contributed by atoms with Gasteiger partial charge < -0.3 is 29.4 Å². The van der Waals surface area contributed by atoms with E-state index in [9.17, 15) is 23.3 Å². The molecule has 5 aromatic rings. The van der Waals surface area contributed by atoms with E-state index in [0.29, 0.717) is 24.6 Å². The van der Waals surface area contributed by atoms with Gasteiger partial charge in [-0.25, -0.2) is 18.1 Å². The zero-order chi connectivity index (χ0) is 43.6. The summed E-state index contributed by atoms with van der Waals surface area (Å²) in [6, 6.07) is 20.2. The maximum atomic E-state index is 13.9. The molecule has 3 aliphatic rings. The van der Waals surface area contributed by atoms with Gasteiger partial charge in [-0.3, -0.25) is 19.8 Å². The van der Waals surface area contributed by atoms with Crippen molar-refractivity contribution in [3.05, 3.63) is 117 Å². The summed E-state index contributed by atoms with van der Waals surface area (Å²) in [6.07, 6.45) is 6.07. The van der Waals surface area contributed by atoms with E-state index in [1.54, 1.807) is 24.4 Å². The molecule has 0 saturated carbocycles. The highest BCUT2D eigenvalue weighted by atomic mass is 35.5. The maximum Gasteiger partial charge on any atom is 0.293 e. The number of pyridine rings is 1. The first-order chi connectivity index (χ1) is 29.7. The van der Waals surface area contributed by atoms with Gasteiger partial charge in [-0.2, -0.15) is 0 Å². The Morgan fingerprint density at radius 1 is 1.03 bits per heavy atom. The molecule has 1 aliphatic carbocycles. The van der Waals surface area contributed by atoms with E-state index in [1.807, 2.05) is 25.1 Å². The first-order valence-electron chi connectivity index (χ1n) is 20.7. The number of sulfonamides is 1. The first kappa shape index (κ1) is 43.1. The maximum absolute atomic E-state index is 13.9. The molecule has 0 bridgehead atoms. The number of ether oxygens (including phenoxy) is 3. The standard InChI is InChI=1S/C45H50ClN7O8S/c1-29-27-60-36(28-59-29)25-48-40-11-9-37(22-41(40)53(55)56)62(57,58)50-44(54)38-10-8-34(21-42(38)61-35-20-31-13-15-47-43(31)49-24-35)52-18-16-51(17-19-52)26-32-12-14-45(2,3)23-39(32)30-4-6-33(46)7-5-30/h4-11,13,15,20-22,24,29,36,48H,12,14,16-19,23,25-28H2,1-3H3,(H,47,49)(H,50,54)/t29-,36-/m0/s1. The lowest BCUT2D eigenvalue weighted by atomic mass is 9.72. The number of carbonyl (C=O) groups excluding carboxylic acids is 1. The second-order valence-electron chi connectivity index (χ2n) is 16.9. The summed E-state index contributed by atoms with van der Waals surface area (Å²) in [4.78, 5) is 37.0. The Morgan fingerprint density at radius 3 is 2.56 bits per heavy atom. The average Bonchev–Trinajstić information content (AvgIpc) is 3.72. The molecule has 17 heteroatoms. The van der Waals surface area contributed by atoms with Crippen molar-refractivity contribution in [2.75, 3.05) is 62.7 Å². The highest BCUT2D eigenvalue weighted by molar-refractivity contribution is 7.90. The third-order valence-electron chi connectivity index (χ3n) is 11.7. The Labute approximate surface area is 365 Å². The van der Waals surface area contributed by atoms with Crippen LogP contribution >= 0.6 is 11.6 Å². The van der Waals surface area contributed by atoms with Gasteiger partial charge in [0.1, 0.15) is 22.8 Å². The monoisotopic (exact) mass is 883 g/mol. The van der Waals surface area contributed by atoms with Crippen molar-refractivity contribution < 1.29 is 32.3 Å². The Kier molecular flexibility index (Phi) is 12.6. The number of rotatable bonds is 13. The molecule has 15 nitrogen and oxygen atoms in total. The van der Waals surface area contributed by atoms with Crippen LogP contribution in [0.25, 0.3) is 16.6 Å². The topological polar surface area (TPSA) is 181 Å². The van der Waals surface area contributed by atoms with Crippen LogP contribution in [0.5, 0.6) is 11.5 Å². The highest BCUT2D eigenvalue weighted by Gasteiger charge is 2.31. The minimum absolute atomic E-state index is 0.0489. The van der Waals surface area contributed by atoms with Crippen LogP contribution in [0.3, 0.4) is 0 Å². The molecule has 2 saturated heterocycles. The zero-order valence-corrected chi connectivity index (χ0v) is 36.4. The number of nitrogens with one attached hydrogen (secondary N) is 3. The molecule has 0 radical (unpaired) electrons. The predicted octanol–water partition coefficient (Wildman–Crippen LogP) is 8.04. The fourth-order valence-electron chi connectivity index (χ4n) is 8.18. The molecule has 8 rings (SSSR count). The van der Waals surface area contributed by atoms with Crippen molar-refractivity contribution in [1.29, 1.82) is 0 Å². The minimum atomic E-state index is -4.59. The number of nitro benzene ring substituents is 1. The van der Waals surface area contributed by atoms with Crippen LogP contribution in [-0.4, -0.2) is 98.8 Å². The normalized spacial score (nSPS) is 19.6. The molecule has 1 amide bonds. The van der Waals surface area contributed by atoms with Crippen molar-refractivity contribution in [1.82, 2.24) is 19.6 Å². The van der Waals surface area contributed by atoms with Crippen LogP contribution in [-0.2, 0) is 19.5 Å². The number of piperazine rings is 1. The van der Waals surface area contributed by atoms with Gasteiger partial charge >= 0.3 is 0 Å². The van der Waals surface area contributed by atoms with Gasteiger partial charge in [0.25, 0.3) is 21.6 Å². The molecule has 0 spiro atoms. The van der Waals surface area contributed by atoms with E-state index in [2.05, 4.69) is 55.8 Å². The summed E-state index contributed by atoms with van der Waals surface area (Å²) in [5.74, 6) is -0.512. The van der Waals surface area contributed by atoms with Crippen LogP contribution in [0.15, 0.2) is 95.7 Å². The molecular weight excluding hydrogens is 834 g/mol. The number of aromatic amines is 1. The fourth-order valence-corrected chi connectivity index (χ4v) is 9.29. The number of nitro groups is 1. The summed E-state index contributed by atoms with van der Waals surface area (Å²) < 4.78 is 47.1. The number of aromatic nitrogens is 2. The van der Waals surface area contributed by atoms with Crippen LogP contribution in [0.4, 0.5) is 17.1 Å². The second-order valence-corrected chi connectivity index (χ2v) is 19.0. The number of halogens is 1. The first-order valence-corrected chi connectivity index (χ1v) is 22.6. The Bertz CT molecular complexity index is 2600. The number of allylic oxidation sites excluding steroid dienone is 1. The summed E-state index contributed by atoms with van der Waals surface area (Å²) in [7, 11) is -4.59. The van der Waals surface area contributed by atoms with Crippen LogP contribution in [0.1, 0.15) is 56.0 Å². The Balaban J connectivity index is 0.998. The number of benzene rings is 3. The average molecular weight is 884 g/mol. The number of hydrogen-bond donors (Lipinski definition) is 3. The van der Waals surface area contributed by atoms with Crippen LogP contribution in [0.2, 0.25) is 5.02 Å². The summed E-state index contributed by atoms with van der Waals surface area (Å²) in [5, 5.41) is 16.6. The Morgan fingerprint density at radius 2 is 1.82 bits per heavy atom. The van der Waals surface area contributed by atoms with Gasteiger partial charge in [-0.05, 0) is 91.3 Å². The molecule has 2 fully saturated rings. The van der Waals surface area contributed by atoms with Gasteiger partial charge in [0.05, 0.1) is 47.0 Å². The number of anilines is 2. The Hall–Kier alpha value is -5.52. The van der Waals surface area contributed by atoms with Gasteiger partial charge in [0, 0.05) is 73.7 Å². The lowest BCUT2D eigenvalue weighted by Gasteiger charge is -2.39. The summed E-state index contributed by atoms with van der Waals surface area (Å²) in [6.45, 7) is 11.4. The molecule has 4 heterocycles. The fraction of sp³-hybridized carbons (Fsp3) is 0.378. The van der Waals surface area contributed by atoms with E-state index in [4.69, 9.17) is 25.8 Å². The second kappa shape index (κ2) is 18.1. The molecule has 2 aromatic heterocycles. The van der Waals surface area contributed by atoms with E-state index in [1.165, 1.54) is 41.1 Å². The smallest absolute Gasteiger partial charge is 0.293 e. The van der Waals surface area contributed by atoms with E-state index >= 15 is 0 Å². The lowest BCUT2D eigenvalue weighted by molar-refractivity contribution is -0.384.